The molecule has 3 aromatic carbocycles. The summed E-state index contributed by atoms with van der Waals surface area (Å²) in [7, 11) is -6.43. The molecule has 0 saturated carbocycles. The van der Waals surface area contributed by atoms with Gasteiger partial charge in [0.25, 0.3) is 10.0 Å². The molecule has 310 valence electrons. The van der Waals surface area contributed by atoms with E-state index in [1.165, 1.54) is 3.97 Å². The monoisotopic (exact) mass is 820 g/mol. The molecular formula is C43H60N4O8SSi. The highest BCUT2D eigenvalue weighted by atomic mass is 32.2. The molecule has 5 rings (SSSR count). The molecular weight excluding hydrogens is 761 g/mol. The number of rotatable bonds is 22. The third-order valence-corrected chi connectivity index (χ3v) is 18.8. The van der Waals surface area contributed by atoms with Crippen molar-refractivity contribution in [2.45, 2.75) is 126 Å². The number of fused-ring (bicyclic) bond motifs is 1. The zero-order valence-corrected chi connectivity index (χ0v) is 36.0. The number of unbranched alkanes of at least 4 members (excludes halogenated alkanes) is 2. The van der Waals surface area contributed by atoms with Crippen molar-refractivity contribution in [1.82, 2.24) is 3.97 Å². The molecule has 1 aliphatic rings. The Hall–Kier alpha value is -3.56. The zero-order valence-electron chi connectivity index (χ0n) is 34.1. The second-order valence-electron chi connectivity index (χ2n) is 15.7. The SMILES string of the molecule is CC(C)[Si](O[C@H]1[C@H](OCCc2cn(S(=O)(=O)c3ccccc3)c3ccccc23)O[C@H](COCCCCCN=[N+]=[N-])[C@@H](O)[C@@H]1OCc1ccccc1)(C(C)C)C(C)C. The highest BCUT2D eigenvalue weighted by Crippen LogP contribution is 2.45. The summed E-state index contributed by atoms with van der Waals surface area (Å²) in [6.45, 7) is 14.7. The highest BCUT2D eigenvalue weighted by molar-refractivity contribution is 7.90. The molecule has 1 aliphatic heterocycles. The minimum Gasteiger partial charge on any atom is -0.405 e. The molecule has 1 N–H and O–H groups in total. The number of aliphatic hydroxyl groups is 1. The molecule has 5 atom stereocenters. The Morgan fingerprint density at radius 3 is 2.16 bits per heavy atom. The van der Waals surface area contributed by atoms with Gasteiger partial charge in [0, 0.05) is 29.6 Å². The molecule has 1 saturated heterocycles. The number of hydrogen-bond donors (Lipinski definition) is 1. The van der Waals surface area contributed by atoms with E-state index < -0.39 is 49.0 Å². The quantitative estimate of drug-likeness (QED) is 0.0271. The fourth-order valence-corrected chi connectivity index (χ4v) is 15.2. The van der Waals surface area contributed by atoms with Crippen LogP contribution < -0.4 is 0 Å². The van der Waals surface area contributed by atoms with Crippen molar-refractivity contribution in [3.63, 3.8) is 0 Å². The molecule has 1 fully saturated rings. The Balaban J connectivity index is 1.44. The van der Waals surface area contributed by atoms with E-state index in [-0.39, 0.29) is 41.3 Å². The fourth-order valence-electron chi connectivity index (χ4n) is 8.30. The Bertz CT molecular complexity index is 1970. The molecule has 0 spiro atoms. The summed E-state index contributed by atoms with van der Waals surface area (Å²) in [5.41, 5.74) is 11.6. The summed E-state index contributed by atoms with van der Waals surface area (Å²) < 4.78 is 62.4. The van der Waals surface area contributed by atoms with E-state index in [0.29, 0.717) is 25.1 Å². The third-order valence-electron chi connectivity index (χ3n) is 11.1. The van der Waals surface area contributed by atoms with E-state index >= 15 is 0 Å². The number of benzene rings is 3. The van der Waals surface area contributed by atoms with E-state index in [0.717, 1.165) is 35.8 Å². The summed E-state index contributed by atoms with van der Waals surface area (Å²) in [4.78, 5) is 3.02. The average molecular weight is 821 g/mol. The summed E-state index contributed by atoms with van der Waals surface area (Å²) in [5, 5.41) is 16.5. The van der Waals surface area contributed by atoms with Gasteiger partial charge >= 0.3 is 0 Å². The normalized spacial score (nSPS) is 20.4. The van der Waals surface area contributed by atoms with Gasteiger partial charge in [0.2, 0.25) is 8.32 Å². The van der Waals surface area contributed by atoms with E-state index in [9.17, 15) is 13.5 Å². The van der Waals surface area contributed by atoms with Gasteiger partial charge in [-0.25, -0.2) is 12.4 Å². The first-order valence-corrected chi connectivity index (χ1v) is 23.8. The number of para-hydroxylation sites is 1. The lowest BCUT2D eigenvalue weighted by Gasteiger charge is -2.51. The summed E-state index contributed by atoms with van der Waals surface area (Å²) in [5.74, 6) is 0. The summed E-state index contributed by atoms with van der Waals surface area (Å²) in [6.07, 6.45) is 0.102. The van der Waals surface area contributed by atoms with Gasteiger partial charge in [0.1, 0.15) is 24.4 Å². The molecule has 0 aliphatic carbocycles. The van der Waals surface area contributed by atoms with Crippen molar-refractivity contribution in [2.24, 2.45) is 5.11 Å². The molecule has 2 heterocycles. The molecule has 0 radical (unpaired) electrons. The van der Waals surface area contributed by atoms with Crippen molar-refractivity contribution in [1.29, 1.82) is 0 Å². The molecule has 57 heavy (non-hydrogen) atoms. The molecule has 1 aromatic heterocycles. The van der Waals surface area contributed by atoms with E-state index in [1.54, 1.807) is 36.5 Å². The Kier molecular flexibility index (Phi) is 16.3. The molecule has 14 heteroatoms. The maximum atomic E-state index is 13.8. The second-order valence-corrected chi connectivity index (χ2v) is 22.9. The molecule has 0 bridgehead atoms. The van der Waals surface area contributed by atoms with E-state index in [1.807, 2.05) is 54.6 Å². The topological polar surface area (TPSA) is 154 Å². The fraction of sp³-hybridized carbons (Fsp3) is 0.535. The number of ether oxygens (including phenoxy) is 4. The van der Waals surface area contributed by atoms with Crippen LogP contribution in [0.15, 0.2) is 101 Å². The average Bonchev–Trinajstić information content (AvgIpc) is 3.58. The lowest BCUT2D eigenvalue weighted by Crippen LogP contribution is -2.65. The maximum Gasteiger partial charge on any atom is 0.268 e. The van der Waals surface area contributed by atoms with Crippen molar-refractivity contribution in [2.75, 3.05) is 26.4 Å². The van der Waals surface area contributed by atoms with Gasteiger partial charge in [0.05, 0.1) is 30.2 Å². The number of aromatic nitrogens is 1. The van der Waals surface area contributed by atoms with Crippen LogP contribution in [0.1, 0.15) is 71.9 Å². The predicted octanol–water partition coefficient (Wildman–Crippen LogP) is 9.17. The third kappa shape index (κ3) is 10.7. The summed E-state index contributed by atoms with van der Waals surface area (Å²) in [6, 6.07) is 25.7. The molecule has 0 amide bonds. The predicted molar refractivity (Wildman–Crippen MR) is 225 cm³/mol. The van der Waals surface area contributed by atoms with Crippen LogP contribution in [0, 0.1) is 0 Å². The van der Waals surface area contributed by atoms with Gasteiger partial charge < -0.3 is 28.5 Å². The number of nitrogens with zero attached hydrogens (tertiary/aromatic N) is 4. The number of hydrogen-bond acceptors (Lipinski definition) is 9. The standard InChI is InChI=1S/C43H60N4O8SSi/c1-31(2)57(32(3)4,33(5)6)55-42-41(53-29-34-18-10-7-11-19-34)40(48)39(30-51-26-17-9-16-25-45-46-44)54-43(42)52-27-24-35-28-47(38-23-15-14-22-37(35)38)56(49,50)36-20-12-8-13-21-36/h7-8,10-15,18-23,28,31-33,39-43,48H,9,16-17,24-27,29-30H2,1-6H3/t39-,40-,41+,42-,43-/m1/s1. The molecule has 12 nitrogen and oxygen atoms in total. The van der Waals surface area contributed by atoms with Crippen molar-refractivity contribution in [3.05, 3.63) is 113 Å². The largest absolute Gasteiger partial charge is 0.405 e. The highest BCUT2D eigenvalue weighted by Gasteiger charge is 2.54. The maximum absolute atomic E-state index is 13.8. The van der Waals surface area contributed by atoms with Gasteiger partial charge in [-0.05, 0) is 70.7 Å². The van der Waals surface area contributed by atoms with Gasteiger partial charge in [-0.2, -0.15) is 0 Å². The first-order valence-electron chi connectivity index (χ1n) is 20.2. The van der Waals surface area contributed by atoms with Crippen molar-refractivity contribution in [3.8, 4) is 0 Å². The van der Waals surface area contributed by atoms with Crippen LogP contribution in [0.3, 0.4) is 0 Å². The first-order chi connectivity index (χ1) is 27.4. The summed E-state index contributed by atoms with van der Waals surface area (Å²) >= 11 is 0. The molecule has 0 unspecified atom stereocenters. The lowest BCUT2D eigenvalue weighted by molar-refractivity contribution is -0.307. The van der Waals surface area contributed by atoms with Gasteiger partial charge in [-0.1, -0.05) is 120 Å². The second kappa shape index (κ2) is 20.9. The van der Waals surface area contributed by atoms with Crippen LogP contribution in [-0.2, 0) is 46.4 Å². The Morgan fingerprint density at radius 2 is 1.49 bits per heavy atom. The lowest BCUT2D eigenvalue weighted by atomic mass is 9.98. The van der Waals surface area contributed by atoms with Gasteiger partial charge in [-0.15, -0.1) is 0 Å². The Labute approximate surface area is 339 Å². The minimum atomic E-state index is -3.85. The number of aliphatic hydroxyl groups excluding tert-OH is 1. The van der Waals surface area contributed by atoms with Crippen LogP contribution in [-0.4, -0.2) is 82.9 Å². The van der Waals surface area contributed by atoms with E-state index in [2.05, 4.69) is 51.6 Å². The first kappa shape index (κ1) is 44.5. The van der Waals surface area contributed by atoms with Gasteiger partial charge in [-0.3, -0.25) is 0 Å². The van der Waals surface area contributed by atoms with Crippen LogP contribution in [0.25, 0.3) is 21.3 Å². The van der Waals surface area contributed by atoms with Crippen LogP contribution in [0.2, 0.25) is 16.6 Å². The van der Waals surface area contributed by atoms with Crippen LogP contribution in [0.5, 0.6) is 0 Å². The number of azide groups is 1. The Morgan fingerprint density at radius 1 is 0.842 bits per heavy atom. The van der Waals surface area contributed by atoms with Gasteiger partial charge in [0.15, 0.2) is 6.29 Å². The van der Waals surface area contributed by atoms with Crippen LogP contribution in [0.4, 0.5) is 0 Å². The van der Waals surface area contributed by atoms with Crippen molar-refractivity contribution >= 4 is 29.2 Å². The molecule has 4 aromatic rings. The smallest absolute Gasteiger partial charge is 0.268 e. The van der Waals surface area contributed by atoms with Crippen molar-refractivity contribution < 1.29 is 36.9 Å². The minimum absolute atomic E-state index is 0.112. The van der Waals surface area contributed by atoms with Crippen LogP contribution >= 0.6 is 0 Å². The zero-order chi connectivity index (χ0) is 41.0. The van der Waals surface area contributed by atoms with E-state index in [4.69, 9.17) is 28.9 Å².